The molecule has 1 aromatic carbocycles. The molecule has 1 saturated carbocycles. The minimum atomic E-state index is -3.98. The van der Waals surface area contributed by atoms with Crippen LogP contribution in [0.2, 0.25) is 0 Å². The van der Waals surface area contributed by atoms with Crippen molar-refractivity contribution in [3.8, 4) is 5.75 Å². The Hall–Kier alpha value is -2.47. The molecule has 0 radical (unpaired) electrons. The number of rotatable bonds is 5. The second-order valence-electron chi connectivity index (χ2n) is 8.27. The number of sulfonamides is 1. The van der Waals surface area contributed by atoms with Crippen LogP contribution < -0.4 is 15.8 Å². The van der Waals surface area contributed by atoms with E-state index in [1.165, 1.54) is 11.0 Å². The van der Waals surface area contributed by atoms with Gasteiger partial charge in [0.15, 0.2) is 6.17 Å². The van der Waals surface area contributed by atoms with Gasteiger partial charge < -0.3 is 15.8 Å². The van der Waals surface area contributed by atoms with E-state index in [0.29, 0.717) is 25.0 Å². The van der Waals surface area contributed by atoms with Crippen LogP contribution in [0.1, 0.15) is 32.1 Å². The van der Waals surface area contributed by atoms with Crippen molar-refractivity contribution >= 4 is 33.4 Å². The molecule has 1 atom stereocenters. The first-order valence-corrected chi connectivity index (χ1v) is 13.3. The molecule has 2 fully saturated rings. The molecule has 1 aromatic heterocycles. The summed E-state index contributed by atoms with van der Waals surface area (Å²) in [7, 11) is -3.98. The number of nitrogens with one attached hydrogen (secondary N) is 1. The van der Waals surface area contributed by atoms with Gasteiger partial charge in [-0.3, -0.25) is 9.69 Å². The first-order valence-electron chi connectivity index (χ1n) is 11.0. The Bertz CT molecular complexity index is 1050. The first-order chi connectivity index (χ1) is 15.9. The van der Waals surface area contributed by atoms with Crippen LogP contribution >= 0.6 is 11.3 Å². The Morgan fingerprint density at radius 3 is 2.42 bits per heavy atom. The van der Waals surface area contributed by atoms with Crippen molar-refractivity contribution in [1.82, 2.24) is 14.5 Å². The van der Waals surface area contributed by atoms with Crippen LogP contribution in [0.25, 0.3) is 0 Å². The van der Waals surface area contributed by atoms with Crippen LogP contribution in [0, 0.1) is 0 Å². The third kappa shape index (κ3) is 5.37. The van der Waals surface area contributed by atoms with Crippen molar-refractivity contribution < 1.29 is 22.7 Å². The van der Waals surface area contributed by atoms with Crippen LogP contribution in [0.4, 0.5) is 4.79 Å². The fourth-order valence-electron chi connectivity index (χ4n) is 4.23. The minimum absolute atomic E-state index is 0.112. The van der Waals surface area contributed by atoms with Crippen molar-refractivity contribution in [3.05, 3.63) is 47.8 Å². The maximum atomic E-state index is 13.4. The molecule has 3 N–H and O–H groups in total. The third-order valence-electron chi connectivity index (χ3n) is 5.94. The van der Waals surface area contributed by atoms with Gasteiger partial charge in [0, 0.05) is 25.2 Å². The van der Waals surface area contributed by atoms with Gasteiger partial charge in [-0.2, -0.15) is 4.31 Å². The van der Waals surface area contributed by atoms with Gasteiger partial charge in [-0.1, -0.05) is 24.3 Å². The van der Waals surface area contributed by atoms with Gasteiger partial charge in [-0.05, 0) is 55.7 Å². The lowest BCUT2D eigenvalue weighted by atomic mass is 9.92. The lowest BCUT2D eigenvalue weighted by Gasteiger charge is -2.41. The van der Waals surface area contributed by atoms with Gasteiger partial charge >= 0.3 is 6.09 Å². The first kappa shape index (κ1) is 23.7. The molecule has 0 spiro atoms. The molecule has 2 heterocycles. The number of nitrogens with zero attached hydrogens (tertiary/aromatic N) is 2. The summed E-state index contributed by atoms with van der Waals surface area (Å²) in [5.74, 6) is -0.207. The molecule has 2 aromatic rings. The van der Waals surface area contributed by atoms with Gasteiger partial charge in [0.25, 0.3) is 15.9 Å². The van der Waals surface area contributed by atoms with E-state index in [1.807, 2.05) is 0 Å². The number of carbonyl (C=O) groups is 2. The average molecular weight is 493 g/mol. The van der Waals surface area contributed by atoms with Crippen LogP contribution in [-0.4, -0.2) is 61.0 Å². The summed E-state index contributed by atoms with van der Waals surface area (Å²) in [4.78, 5) is 27.7. The van der Waals surface area contributed by atoms with Crippen LogP contribution in [0.3, 0.4) is 0 Å². The Kier molecular flexibility index (Phi) is 7.32. The quantitative estimate of drug-likeness (QED) is 0.661. The molecule has 1 unspecified atom stereocenters. The Morgan fingerprint density at radius 1 is 1.03 bits per heavy atom. The summed E-state index contributed by atoms with van der Waals surface area (Å²) in [6, 6.07) is 11.6. The van der Waals surface area contributed by atoms with Crippen LogP contribution in [0.15, 0.2) is 52.1 Å². The molecule has 0 bridgehead atoms. The number of hydrogen-bond acceptors (Lipinski definition) is 7. The van der Waals surface area contributed by atoms with E-state index in [-0.39, 0.29) is 29.4 Å². The van der Waals surface area contributed by atoms with Crippen molar-refractivity contribution in [2.45, 2.75) is 54.6 Å². The third-order valence-corrected chi connectivity index (χ3v) is 9.17. The van der Waals surface area contributed by atoms with E-state index in [4.69, 9.17) is 10.5 Å². The maximum absolute atomic E-state index is 13.4. The Morgan fingerprint density at radius 2 is 1.76 bits per heavy atom. The molecular formula is C22H28N4O5S2. The molecule has 2 amide bonds. The molecule has 33 heavy (non-hydrogen) atoms. The van der Waals surface area contributed by atoms with Crippen molar-refractivity contribution in [2.24, 2.45) is 5.73 Å². The zero-order chi connectivity index (χ0) is 23.4. The predicted octanol–water partition coefficient (Wildman–Crippen LogP) is 2.36. The summed E-state index contributed by atoms with van der Waals surface area (Å²) in [5.41, 5.74) is 5.97. The molecule has 1 aliphatic heterocycles. The van der Waals surface area contributed by atoms with E-state index in [9.17, 15) is 18.0 Å². The highest BCUT2D eigenvalue weighted by atomic mass is 32.2. The van der Waals surface area contributed by atoms with Crippen LogP contribution in [0.5, 0.6) is 5.75 Å². The molecule has 4 rings (SSSR count). The zero-order valence-corrected chi connectivity index (χ0v) is 19.8. The SMILES string of the molecule is NC1CCC(NC(=O)C2N(C(=O)Oc3ccccc3)CCCN2S(=O)(=O)c2cccs2)CC1. The fraction of sp³-hybridized carbons (Fsp3) is 0.455. The molecule has 2 aliphatic rings. The number of amides is 2. The highest BCUT2D eigenvalue weighted by molar-refractivity contribution is 7.91. The van der Waals surface area contributed by atoms with E-state index in [2.05, 4.69) is 5.32 Å². The van der Waals surface area contributed by atoms with E-state index in [0.717, 1.165) is 28.5 Å². The second-order valence-corrected chi connectivity index (χ2v) is 11.3. The summed E-state index contributed by atoms with van der Waals surface area (Å²) >= 11 is 1.08. The van der Waals surface area contributed by atoms with Gasteiger partial charge in [0.1, 0.15) is 9.96 Å². The van der Waals surface area contributed by atoms with E-state index in [1.54, 1.807) is 41.8 Å². The van der Waals surface area contributed by atoms with E-state index < -0.39 is 28.2 Å². The molecule has 11 heteroatoms. The smallest absolute Gasteiger partial charge is 0.410 e. The second kappa shape index (κ2) is 10.2. The fourth-order valence-corrected chi connectivity index (χ4v) is 6.94. The number of carbonyl (C=O) groups excluding carboxylic acids is 2. The number of ether oxygens (including phenoxy) is 1. The monoisotopic (exact) mass is 492 g/mol. The standard InChI is InChI=1S/C22H28N4O5S2/c23-16-9-11-17(12-10-16)24-20(27)21-25(22(28)31-18-6-2-1-3-7-18)13-5-14-26(21)33(29,30)19-8-4-15-32-19/h1-4,6-8,15-17,21H,5,9-14,23H2,(H,24,27). The number of nitrogens with two attached hydrogens (primary N) is 1. The van der Waals surface area contributed by atoms with Gasteiger partial charge in [0.2, 0.25) is 0 Å². The lowest BCUT2D eigenvalue weighted by molar-refractivity contribution is -0.132. The van der Waals surface area contributed by atoms with E-state index >= 15 is 0 Å². The summed E-state index contributed by atoms with van der Waals surface area (Å²) in [6.07, 6.45) is 1.28. The molecule has 178 valence electrons. The largest absolute Gasteiger partial charge is 0.416 e. The number of thiophene rings is 1. The normalized spacial score (nSPS) is 24.3. The van der Waals surface area contributed by atoms with Gasteiger partial charge in [-0.15, -0.1) is 11.3 Å². The molecule has 1 aliphatic carbocycles. The zero-order valence-electron chi connectivity index (χ0n) is 18.1. The molecule has 9 nitrogen and oxygen atoms in total. The van der Waals surface area contributed by atoms with Crippen LogP contribution in [-0.2, 0) is 14.8 Å². The average Bonchev–Trinajstić information content (AvgIpc) is 3.37. The molecular weight excluding hydrogens is 464 g/mol. The number of hydrogen-bond donors (Lipinski definition) is 2. The highest BCUT2D eigenvalue weighted by Crippen LogP contribution is 2.28. The van der Waals surface area contributed by atoms with Gasteiger partial charge in [-0.25, -0.2) is 13.2 Å². The summed E-state index contributed by atoms with van der Waals surface area (Å²) < 4.78 is 33.5. The minimum Gasteiger partial charge on any atom is -0.410 e. The van der Waals surface area contributed by atoms with Crippen molar-refractivity contribution in [3.63, 3.8) is 0 Å². The Labute approximate surface area is 197 Å². The topological polar surface area (TPSA) is 122 Å². The van der Waals surface area contributed by atoms with Crippen molar-refractivity contribution in [2.75, 3.05) is 13.1 Å². The predicted molar refractivity (Wildman–Crippen MR) is 124 cm³/mol. The maximum Gasteiger partial charge on any atom is 0.416 e. The van der Waals surface area contributed by atoms with Gasteiger partial charge in [0.05, 0.1) is 0 Å². The molecule has 1 saturated heterocycles. The summed E-state index contributed by atoms with van der Waals surface area (Å²) in [6.45, 7) is 0.332. The number of benzene rings is 1. The Balaban J connectivity index is 1.61. The van der Waals surface area contributed by atoms with Crippen molar-refractivity contribution in [1.29, 1.82) is 0 Å². The number of para-hydroxylation sites is 1. The summed E-state index contributed by atoms with van der Waals surface area (Å²) in [5, 5.41) is 4.62. The lowest BCUT2D eigenvalue weighted by Crippen LogP contribution is -2.64. The highest BCUT2D eigenvalue weighted by Gasteiger charge is 2.45.